The zero-order valence-corrected chi connectivity index (χ0v) is 25.5. The van der Waals surface area contributed by atoms with Crippen molar-refractivity contribution in [1.82, 2.24) is 26.3 Å². The summed E-state index contributed by atoms with van der Waals surface area (Å²) in [6.07, 6.45) is 3.17. The molecule has 0 aliphatic heterocycles. The highest BCUT2D eigenvalue weighted by Crippen LogP contribution is 2.20. The minimum atomic E-state index is -1.24. The van der Waals surface area contributed by atoms with Gasteiger partial charge in [-0.05, 0) is 50.8 Å². The van der Waals surface area contributed by atoms with E-state index in [9.17, 15) is 29.1 Å². The molecule has 3 atom stereocenters. The third kappa shape index (κ3) is 11.9. The summed E-state index contributed by atoms with van der Waals surface area (Å²) in [5.41, 5.74) is 0.854. The fourth-order valence-corrected chi connectivity index (χ4v) is 5.09. The molecule has 14 heteroatoms. The normalized spacial score (nSPS) is 13.5. The number of nitrogens with one attached hydrogen (secondary N) is 5. The molecule has 0 unspecified atom stereocenters. The molecule has 0 saturated carbocycles. The number of ether oxygens (including phenoxy) is 1. The predicted molar refractivity (Wildman–Crippen MR) is 161 cm³/mol. The number of alkyl carbamates (subject to hydrolysis) is 1. The summed E-state index contributed by atoms with van der Waals surface area (Å²) in [7, 11) is 0. The number of H-pyrrole nitrogens is 1. The summed E-state index contributed by atoms with van der Waals surface area (Å²) < 4.78 is 5.37. The van der Waals surface area contributed by atoms with Gasteiger partial charge in [-0.2, -0.15) is 11.8 Å². The molecule has 1 aromatic heterocycles. The number of rotatable bonds is 15. The number of hydrogen-bond acceptors (Lipinski definition) is 8. The van der Waals surface area contributed by atoms with Gasteiger partial charge in [0.15, 0.2) is 0 Å². The van der Waals surface area contributed by atoms with Crippen molar-refractivity contribution in [3.63, 3.8) is 0 Å². The Morgan fingerprint density at radius 1 is 1.00 bits per heavy atom. The maximum Gasteiger partial charge on any atom is 0.408 e. The van der Waals surface area contributed by atoms with E-state index in [0.717, 1.165) is 28.2 Å². The monoisotopic (exact) mass is 609 g/mol. The lowest BCUT2D eigenvalue weighted by Gasteiger charge is -2.26. The Balaban J connectivity index is 2.21. The van der Waals surface area contributed by atoms with Gasteiger partial charge in [0.1, 0.15) is 23.7 Å². The van der Waals surface area contributed by atoms with Crippen LogP contribution in [0.4, 0.5) is 4.79 Å². The molecule has 1 aromatic carbocycles. The first-order valence-electron chi connectivity index (χ1n) is 13.0. The lowest BCUT2D eigenvalue weighted by Crippen LogP contribution is -2.57. The van der Waals surface area contributed by atoms with E-state index < -0.39 is 47.6 Å². The number of fused-ring (bicyclic) bond motifs is 1. The SMILES string of the molecule is CSCC[C@H](NC(=O)[C@H](Cc1c[nH]c2ccccc12)NC(=O)OC(C)(C)C)C(=O)N[C@@H](CSCNC(C)=O)C(=O)O. The fraction of sp³-hybridized carbons (Fsp3) is 0.519. The smallest absolute Gasteiger partial charge is 0.408 e. The maximum absolute atomic E-state index is 13.5. The molecule has 2 aromatic rings. The van der Waals surface area contributed by atoms with Crippen LogP contribution in [0.25, 0.3) is 10.9 Å². The van der Waals surface area contributed by atoms with Crippen LogP contribution in [0.15, 0.2) is 30.5 Å². The number of carbonyl (C=O) groups is 5. The van der Waals surface area contributed by atoms with Crippen LogP contribution < -0.4 is 21.3 Å². The number of aromatic amines is 1. The number of benzene rings is 1. The van der Waals surface area contributed by atoms with Crippen LogP contribution in [0.3, 0.4) is 0 Å². The minimum absolute atomic E-state index is 0.00787. The molecule has 0 radical (unpaired) electrons. The minimum Gasteiger partial charge on any atom is -0.480 e. The number of thioether (sulfide) groups is 2. The number of carboxylic acids is 1. The number of para-hydroxylation sites is 1. The topological polar surface area (TPSA) is 179 Å². The third-order valence-electron chi connectivity index (χ3n) is 5.67. The molecule has 4 amide bonds. The van der Waals surface area contributed by atoms with Crippen molar-refractivity contribution < 1.29 is 33.8 Å². The number of carboxylic acid groups (broad SMARTS) is 1. The molecule has 41 heavy (non-hydrogen) atoms. The summed E-state index contributed by atoms with van der Waals surface area (Å²) in [4.78, 5) is 65.3. The average Bonchev–Trinajstić information content (AvgIpc) is 3.29. The first-order chi connectivity index (χ1) is 19.3. The zero-order valence-electron chi connectivity index (χ0n) is 23.9. The van der Waals surface area contributed by atoms with Gasteiger partial charge in [0.25, 0.3) is 0 Å². The Bertz CT molecular complexity index is 1210. The maximum atomic E-state index is 13.5. The summed E-state index contributed by atoms with van der Waals surface area (Å²) >= 11 is 2.60. The molecule has 0 fully saturated rings. The molecule has 0 spiro atoms. The molecule has 0 aliphatic carbocycles. The van der Waals surface area contributed by atoms with Crippen LogP contribution in [0.5, 0.6) is 0 Å². The summed E-state index contributed by atoms with van der Waals surface area (Å²) in [5.74, 6) is -2.07. The van der Waals surface area contributed by atoms with Gasteiger partial charge in [-0.25, -0.2) is 9.59 Å². The van der Waals surface area contributed by atoms with Crippen molar-refractivity contribution >= 4 is 64.2 Å². The molecule has 2 rings (SSSR count). The first kappa shape index (κ1) is 33.8. The summed E-state index contributed by atoms with van der Waals surface area (Å²) in [6, 6.07) is 4.16. The lowest BCUT2D eigenvalue weighted by atomic mass is 10.0. The van der Waals surface area contributed by atoms with Gasteiger partial charge in [-0.15, -0.1) is 11.8 Å². The van der Waals surface area contributed by atoms with E-state index in [1.54, 1.807) is 27.0 Å². The van der Waals surface area contributed by atoms with E-state index in [1.165, 1.54) is 18.7 Å². The van der Waals surface area contributed by atoms with Gasteiger partial charge in [0.2, 0.25) is 17.7 Å². The second kappa shape index (κ2) is 16.2. The van der Waals surface area contributed by atoms with Gasteiger partial charge in [-0.1, -0.05) is 18.2 Å². The van der Waals surface area contributed by atoms with Crippen molar-refractivity contribution in [2.24, 2.45) is 0 Å². The van der Waals surface area contributed by atoms with Gasteiger partial charge < -0.3 is 36.1 Å². The third-order valence-corrected chi connectivity index (χ3v) is 7.23. The Hall–Kier alpha value is -3.39. The van der Waals surface area contributed by atoms with E-state index in [0.29, 0.717) is 5.75 Å². The van der Waals surface area contributed by atoms with Gasteiger partial charge in [0, 0.05) is 36.2 Å². The molecule has 6 N–H and O–H groups in total. The van der Waals surface area contributed by atoms with Crippen molar-refractivity contribution in [1.29, 1.82) is 0 Å². The molecular formula is C27H39N5O7S2. The summed E-state index contributed by atoms with van der Waals surface area (Å²) in [5, 5.41) is 20.9. The van der Waals surface area contributed by atoms with Crippen LogP contribution in [0.2, 0.25) is 0 Å². The van der Waals surface area contributed by atoms with E-state index in [2.05, 4.69) is 26.3 Å². The number of amides is 4. The molecule has 0 bridgehead atoms. The fourth-order valence-electron chi connectivity index (χ4n) is 3.73. The van der Waals surface area contributed by atoms with Crippen LogP contribution in [0.1, 0.15) is 39.7 Å². The Kier molecular flexibility index (Phi) is 13.3. The van der Waals surface area contributed by atoms with Crippen molar-refractivity contribution in [3.05, 3.63) is 36.0 Å². The lowest BCUT2D eigenvalue weighted by molar-refractivity contribution is -0.141. The Morgan fingerprint density at radius 3 is 2.29 bits per heavy atom. The standard InChI is InChI=1S/C27H39N5O7S2/c1-16(33)29-15-41-14-22(25(36)37)31-23(34)20(10-11-40-5)30-24(35)21(32-26(38)39-27(2,3)4)12-17-13-28-19-9-7-6-8-18(17)19/h6-9,13,20-22,28H,10-12,14-15H2,1-5H3,(H,29,33)(H,30,35)(H,31,34)(H,32,38)(H,36,37)/t20-,21-,22-/m0/s1. The quantitative estimate of drug-likeness (QED) is 0.130. The van der Waals surface area contributed by atoms with E-state index >= 15 is 0 Å². The van der Waals surface area contributed by atoms with Gasteiger partial charge >= 0.3 is 12.1 Å². The van der Waals surface area contributed by atoms with Gasteiger partial charge in [0.05, 0.1) is 5.88 Å². The van der Waals surface area contributed by atoms with Crippen molar-refractivity contribution in [2.75, 3.05) is 23.6 Å². The average molecular weight is 610 g/mol. The number of hydrogen-bond donors (Lipinski definition) is 6. The highest BCUT2D eigenvalue weighted by Gasteiger charge is 2.31. The second-order valence-corrected chi connectivity index (χ2v) is 12.3. The van der Waals surface area contributed by atoms with Crippen LogP contribution >= 0.6 is 23.5 Å². The molecule has 226 valence electrons. The number of carbonyl (C=O) groups excluding carboxylic acids is 4. The largest absolute Gasteiger partial charge is 0.480 e. The predicted octanol–water partition coefficient (Wildman–Crippen LogP) is 2.24. The first-order valence-corrected chi connectivity index (χ1v) is 15.5. The Morgan fingerprint density at radius 2 is 1.66 bits per heavy atom. The van der Waals surface area contributed by atoms with E-state index in [1.807, 2.05) is 30.5 Å². The second-order valence-electron chi connectivity index (χ2n) is 10.3. The molecule has 1 heterocycles. The number of aliphatic carboxylic acids is 1. The van der Waals surface area contributed by atoms with Gasteiger partial charge in [-0.3, -0.25) is 14.4 Å². The molecular weight excluding hydrogens is 570 g/mol. The summed E-state index contributed by atoms with van der Waals surface area (Å²) in [6.45, 7) is 6.46. The number of aromatic nitrogens is 1. The zero-order chi connectivity index (χ0) is 30.6. The van der Waals surface area contributed by atoms with E-state index in [4.69, 9.17) is 4.74 Å². The van der Waals surface area contributed by atoms with Crippen molar-refractivity contribution in [3.8, 4) is 0 Å². The highest BCUT2D eigenvalue weighted by atomic mass is 32.2. The Labute approximate surface area is 247 Å². The van der Waals surface area contributed by atoms with Crippen molar-refractivity contribution in [2.45, 2.75) is 64.3 Å². The van der Waals surface area contributed by atoms with Crippen LogP contribution in [-0.2, 0) is 30.3 Å². The highest BCUT2D eigenvalue weighted by molar-refractivity contribution is 7.99. The van der Waals surface area contributed by atoms with E-state index in [-0.39, 0.29) is 30.4 Å². The molecule has 12 nitrogen and oxygen atoms in total. The van der Waals surface area contributed by atoms with Crippen LogP contribution in [-0.4, -0.2) is 87.2 Å². The molecule has 0 saturated heterocycles. The molecule has 0 aliphatic rings. The van der Waals surface area contributed by atoms with Crippen LogP contribution in [0, 0.1) is 0 Å².